The van der Waals surface area contributed by atoms with Gasteiger partial charge in [0.05, 0.1) is 5.92 Å². The summed E-state index contributed by atoms with van der Waals surface area (Å²) >= 11 is 1.04. The molecule has 0 spiro atoms. The number of benzene rings is 1. The minimum atomic E-state index is -0.904. The summed E-state index contributed by atoms with van der Waals surface area (Å²) < 4.78 is 30.4. The molecule has 112 valence electrons. The summed E-state index contributed by atoms with van der Waals surface area (Å²) in [5, 5.41) is 9.37. The fourth-order valence-electron chi connectivity index (χ4n) is 1.74. The molecule has 0 radical (unpaired) electrons. The molecule has 1 unspecified atom stereocenters. The first kappa shape index (κ1) is 15.3. The number of anilines is 1. The number of carboxylic acids is 1. The maximum atomic E-state index is 13.2. The molecule has 0 amide bonds. The van der Waals surface area contributed by atoms with E-state index < -0.39 is 23.5 Å². The lowest BCUT2D eigenvalue weighted by molar-refractivity contribution is -0.140. The second-order valence-electron chi connectivity index (χ2n) is 4.68. The smallest absolute Gasteiger partial charge is 0.308 e. The number of aromatic nitrogens is 2. The zero-order valence-electron chi connectivity index (χ0n) is 11.4. The van der Waals surface area contributed by atoms with E-state index in [0.717, 1.165) is 29.7 Å². The standard InChI is InChI=1S/C13H13F2N3O2S/c1-7(12(19)20)6-18(2)13-16-11(17-21-13)8-3-9(14)5-10(15)4-8/h3-5,7H,6H2,1-2H3,(H,19,20). The number of rotatable bonds is 5. The van der Waals surface area contributed by atoms with Crippen molar-refractivity contribution in [3.63, 3.8) is 0 Å². The van der Waals surface area contributed by atoms with E-state index in [1.165, 1.54) is 0 Å². The van der Waals surface area contributed by atoms with Crippen molar-refractivity contribution in [1.29, 1.82) is 0 Å². The van der Waals surface area contributed by atoms with Crippen LogP contribution in [0.25, 0.3) is 11.4 Å². The number of carbonyl (C=O) groups is 1. The third-order valence-corrected chi connectivity index (χ3v) is 3.66. The van der Waals surface area contributed by atoms with Gasteiger partial charge in [-0.15, -0.1) is 0 Å². The first-order valence-electron chi connectivity index (χ1n) is 6.11. The van der Waals surface area contributed by atoms with Gasteiger partial charge in [0.25, 0.3) is 0 Å². The predicted octanol–water partition coefficient (Wildman–Crippen LogP) is 2.64. The Hall–Kier alpha value is -2.09. The molecule has 0 bridgehead atoms. The molecule has 1 aromatic carbocycles. The van der Waals surface area contributed by atoms with Crippen LogP contribution in [0.1, 0.15) is 6.92 Å². The van der Waals surface area contributed by atoms with Crippen LogP contribution in [0.3, 0.4) is 0 Å². The van der Waals surface area contributed by atoms with Gasteiger partial charge in [-0.1, -0.05) is 6.92 Å². The average molecular weight is 313 g/mol. The van der Waals surface area contributed by atoms with Crippen molar-refractivity contribution in [2.75, 3.05) is 18.5 Å². The van der Waals surface area contributed by atoms with Gasteiger partial charge in [-0.2, -0.15) is 9.36 Å². The fraction of sp³-hybridized carbons (Fsp3) is 0.308. The highest BCUT2D eigenvalue weighted by Crippen LogP contribution is 2.25. The van der Waals surface area contributed by atoms with Crippen molar-refractivity contribution >= 4 is 22.6 Å². The Morgan fingerprint density at radius 3 is 2.57 bits per heavy atom. The summed E-state index contributed by atoms with van der Waals surface area (Å²) in [7, 11) is 1.69. The molecule has 2 rings (SSSR count). The van der Waals surface area contributed by atoms with E-state index in [1.54, 1.807) is 18.9 Å². The number of carboxylic acid groups (broad SMARTS) is 1. The highest BCUT2D eigenvalue weighted by atomic mass is 32.1. The normalized spacial score (nSPS) is 12.2. The van der Waals surface area contributed by atoms with Crippen molar-refractivity contribution in [2.24, 2.45) is 5.92 Å². The van der Waals surface area contributed by atoms with Gasteiger partial charge in [0.15, 0.2) is 5.82 Å². The van der Waals surface area contributed by atoms with Gasteiger partial charge < -0.3 is 10.0 Å². The average Bonchev–Trinajstić information content (AvgIpc) is 2.86. The molecule has 1 atom stereocenters. The summed E-state index contributed by atoms with van der Waals surface area (Å²) in [5.74, 6) is -2.65. The van der Waals surface area contributed by atoms with E-state index in [9.17, 15) is 13.6 Å². The molecule has 2 aromatic rings. The lowest BCUT2D eigenvalue weighted by atomic mass is 10.2. The Morgan fingerprint density at radius 1 is 1.38 bits per heavy atom. The number of nitrogens with zero attached hydrogens (tertiary/aromatic N) is 3. The van der Waals surface area contributed by atoms with Crippen LogP contribution in [-0.2, 0) is 4.79 Å². The van der Waals surface area contributed by atoms with E-state index >= 15 is 0 Å². The zero-order valence-corrected chi connectivity index (χ0v) is 12.2. The maximum absolute atomic E-state index is 13.2. The van der Waals surface area contributed by atoms with Crippen LogP contribution in [0, 0.1) is 17.6 Å². The van der Waals surface area contributed by atoms with Gasteiger partial charge in [-0.3, -0.25) is 4.79 Å². The molecule has 1 N–H and O–H groups in total. The lowest BCUT2D eigenvalue weighted by Crippen LogP contribution is -2.28. The van der Waals surface area contributed by atoms with E-state index in [1.807, 2.05) is 0 Å². The zero-order chi connectivity index (χ0) is 15.6. The molecule has 0 aliphatic rings. The van der Waals surface area contributed by atoms with Gasteiger partial charge in [0, 0.05) is 36.8 Å². The third kappa shape index (κ3) is 3.72. The first-order valence-corrected chi connectivity index (χ1v) is 6.88. The summed E-state index contributed by atoms with van der Waals surface area (Å²) in [6.07, 6.45) is 0. The monoisotopic (exact) mass is 313 g/mol. The molecule has 0 aliphatic carbocycles. The molecular weight excluding hydrogens is 300 g/mol. The molecule has 0 fully saturated rings. The van der Waals surface area contributed by atoms with Crippen LogP contribution in [0.15, 0.2) is 18.2 Å². The van der Waals surface area contributed by atoms with Gasteiger partial charge in [0.1, 0.15) is 11.6 Å². The van der Waals surface area contributed by atoms with Gasteiger partial charge >= 0.3 is 5.97 Å². The van der Waals surface area contributed by atoms with Crippen molar-refractivity contribution in [3.05, 3.63) is 29.8 Å². The van der Waals surface area contributed by atoms with Crippen LogP contribution in [0.2, 0.25) is 0 Å². The summed E-state index contributed by atoms with van der Waals surface area (Å²) in [4.78, 5) is 16.7. The Labute approximate surface area is 124 Å². The minimum absolute atomic E-state index is 0.211. The maximum Gasteiger partial charge on any atom is 0.308 e. The highest BCUT2D eigenvalue weighted by Gasteiger charge is 2.17. The Balaban J connectivity index is 2.19. The van der Waals surface area contributed by atoms with Crippen molar-refractivity contribution in [2.45, 2.75) is 6.92 Å². The molecule has 21 heavy (non-hydrogen) atoms. The number of hydrogen-bond donors (Lipinski definition) is 1. The molecule has 0 saturated heterocycles. The second-order valence-corrected chi connectivity index (χ2v) is 5.41. The van der Waals surface area contributed by atoms with Gasteiger partial charge in [0.2, 0.25) is 5.13 Å². The molecule has 1 aromatic heterocycles. The Kier molecular flexibility index (Phi) is 4.46. The van der Waals surface area contributed by atoms with Crippen LogP contribution in [-0.4, -0.2) is 34.0 Å². The number of aliphatic carboxylic acids is 1. The van der Waals surface area contributed by atoms with Crippen LogP contribution in [0.5, 0.6) is 0 Å². The molecule has 0 aliphatic heterocycles. The first-order chi connectivity index (χ1) is 9.86. The summed E-state index contributed by atoms with van der Waals surface area (Å²) in [6.45, 7) is 1.85. The molecular formula is C13H13F2N3O2S. The number of hydrogen-bond acceptors (Lipinski definition) is 5. The topological polar surface area (TPSA) is 66.3 Å². The minimum Gasteiger partial charge on any atom is -0.481 e. The summed E-state index contributed by atoms with van der Waals surface area (Å²) in [6, 6.07) is 3.07. The SMILES string of the molecule is CC(CN(C)c1nc(-c2cc(F)cc(F)c2)ns1)C(=O)O. The Morgan fingerprint density at radius 2 is 2.00 bits per heavy atom. The van der Waals surface area contributed by atoms with E-state index in [-0.39, 0.29) is 17.9 Å². The quantitative estimate of drug-likeness (QED) is 0.919. The second kappa shape index (κ2) is 6.13. The van der Waals surface area contributed by atoms with E-state index in [2.05, 4.69) is 9.36 Å². The third-order valence-electron chi connectivity index (χ3n) is 2.83. The molecule has 5 nitrogen and oxygen atoms in total. The highest BCUT2D eigenvalue weighted by molar-refractivity contribution is 7.09. The predicted molar refractivity (Wildman–Crippen MR) is 75.3 cm³/mol. The van der Waals surface area contributed by atoms with Crippen LogP contribution in [0.4, 0.5) is 13.9 Å². The largest absolute Gasteiger partial charge is 0.481 e. The van der Waals surface area contributed by atoms with Gasteiger partial charge in [-0.25, -0.2) is 8.78 Å². The van der Waals surface area contributed by atoms with Crippen molar-refractivity contribution in [1.82, 2.24) is 9.36 Å². The fourth-order valence-corrected chi connectivity index (χ4v) is 2.39. The van der Waals surface area contributed by atoms with E-state index in [4.69, 9.17) is 5.11 Å². The number of halogens is 2. The van der Waals surface area contributed by atoms with Crippen molar-refractivity contribution < 1.29 is 18.7 Å². The molecule has 8 heteroatoms. The van der Waals surface area contributed by atoms with E-state index in [0.29, 0.717) is 5.13 Å². The molecule has 0 saturated carbocycles. The van der Waals surface area contributed by atoms with Crippen LogP contribution < -0.4 is 4.90 Å². The Bertz CT molecular complexity index is 642. The van der Waals surface area contributed by atoms with Gasteiger partial charge in [-0.05, 0) is 12.1 Å². The van der Waals surface area contributed by atoms with Crippen LogP contribution >= 0.6 is 11.5 Å². The molecule has 1 heterocycles. The van der Waals surface area contributed by atoms with Crippen molar-refractivity contribution in [3.8, 4) is 11.4 Å². The summed E-state index contributed by atoms with van der Waals surface area (Å²) in [5.41, 5.74) is 0.245. The lowest BCUT2D eigenvalue weighted by Gasteiger charge is -2.17.